The maximum absolute atomic E-state index is 11.5. The molecule has 1 N–H and O–H groups in total. The van der Waals surface area contributed by atoms with Crippen molar-refractivity contribution in [2.24, 2.45) is 7.05 Å². The molecule has 1 fully saturated rings. The van der Waals surface area contributed by atoms with E-state index >= 15 is 0 Å². The van der Waals surface area contributed by atoms with Gasteiger partial charge in [0, 0.05) is 32.4 Å². The van der Waals surface area contributed by atoms with Crippen molar-refractivity contribution < 1.29 is 4.42 Å². The van der Waals surface area contributed by atoms with Crippen molar-refractivity contribution in [2.45, 2.75) is 18.9 Å². The molecule has 2 heterocycles. The minimum Gasteiger partial charge on any atom is -0.408 e. The van der Waals surface area contributed by atoms with Gasteiger partial charge in [0.15, 0.2) is 5.58 Å². The Labute approximate surface area is 111 Å². The van der Waals surface area contributed by atoms with Crippen LogP contribution in [-0.2, 0) is 7.05 Å². The van der Waals surface area contributed by atoms with Crippen molar-refractivity contribution in [3.63, 3.8) is 0 Å². The predicted molar refractivity (Wildman–Crippen MR) is 75.7 cm³/mol. The lowest BCUT2D eigenvalue weighted by atomic mass is 10.2. The molecule has 0 spiro atoms. The molecule has 2 aromatic rings. The number of nitrogens with one attached hydrogen (secondary N) is 1. The Bertz CT molecular complexity index is 638. The van der Waals surface area contributed by atoms with Crippen LogP contribution in [-0.4, -0.2) is 30.7 Å². The van der Waals surface area contributed by atoms with E-state index in [0.29, 0.717) is 11.6 Å². The van der Waals surface area contributed by atoms with Crippen molar-refractivity contribution in [3.05, 3.63) is 28.7 Å². The standard InChI is InChI=1S/C14H19N3O2/c1-16(9-10-4-3-7-15-10)11-5-6-13-12(8-11)17(2)14(18)19-13/h5-6,8,10,15H,3-4,7,9H2,1-2H3. The summed E-state index contributed by atoms with van der Waals surface area (Å²) in [4.78, 5) is 13.7. The smallest absolute Gasteiger partial charge is 0.408 e. The molecule has 3 rings (SSSR count). The van der Waals surface area contributed by atoms with Crippen LogP contribution in [0, 0.1) is 0 Å². The maximum Gasteiger partial charge on any atom is 0.419 e. The minimum atomic E-state index is -0.313. The number of oxazole rings is 1. The second-order valence-electron chi connectivity index (χ2n) is 5.25. The first-order chi connectivity index (χ1) is 9.15. The van der Waals surface area contributed by atoms with E-state index in [9.17, 15) is 4.79 Å². The van der Waals surface area contributed by atoms with Crippen LogP contribution in [0.3, 0.4) is 0 Å². The van der Waals surface area contributed by atoms with Crippen LogP contribution in [0.4, 0.5) is 5.69 Å². The summed E-state index contributed by atoms with van der Waals surface area (Å²) in [6.45, 7) is 2.10. The molecule has 5 heteroatoms. The highest BCUT2D eigenvalue weighted by Gasteiger charge is 2.16. The zero-order valence-corrected chi connectivity index (χ0v) is 11.3. The van der Waals surface area contributed by atoms with Gasteiger partial charge in [-0.05, 0) is 37.6 Å². The first kappa shape index (κ1) is 12.3. The summed E-state index contributed by atoms with van der Waals surface area (Å²) in [5.74, 6) is -0.313. The zero-order valence-electron chi connectivity index (χ0n) is 11.3. The summed E-state index contributed by atoms with van der Waals surface area (Å²) in [6.07, 6.45) is 2.49. The minimum absolute atomic E-state index is 0.313. The van der Waals surface area contributed by atoms with E-state index in [1.165, 1.54) is 12.8 Å². The van der Waals surface area contributed by atoms with Crippen molar-refractivity contribution in [3.8, 4) is 0 Å². The van der Waals surface area contributed by atoms with Crippen LogP contribution in [0.25, 0.3) is 11.1 Å². The lowest BCUT2D eigenvalue weighted by Crippen LogP contribution is -2.35. The van der Waals surface area contributed by atoms with Gasteiger partial charge in [0.05, 0.1) is 5.52 Å². The number of likely N-dealkylation sites (N-methyl/N-ethyl adjacent to an activating group) is 1. The summed E-state index contributed by atoms with van der Waals surface area (Å²) < 4.78 is 6.69. The van der Waals surface area contributed by atoms with Gasteiger partial charge in [-0.1, -0.05) is 0 Å². The fourth-order valence-electron chi connectivity index (χ4n) is 2.70. The molecule has 1 aromatic heterocycles. The van der Waals surface area contributed by atoms with Gasteiger partial charge in [0.2, 0.25) is 0 Å². The Morgan fingerprint density at radius 1 is 1.53 bits per heavy atom. The fraction of sp³-hybridized carbons (Fsp3) is 0.500. The third-order valence-electron chi connectivity index (χ3n) is 3.87. The molecule has 0 bridgehead atoms. The molecule has 102 valence electrons. The van der Waals surface area contributed by atoms with Crippen LogP contribution in [0.15, 0.2) is 27.4 Å². The molecule has 5 nitrogen and oxygen atoms in total. The number of rotatable bonds is 3. The van der Waals surface area contributed by atoms with Gasteiger partial charge >= 0.3 is 5.76 Å². The van der Waals surface area contributed by atoms with E-state index in [-0.39, 0.29) is 5.76 Å². The molecule has 0 saturated carbocycles. The van der Waals surface area contributed by atoms with Crippen molar-refractivity contribution in [1.29, 1.82) is 0 Å². The van der Waals surface area contributed by atoms with E-state index in [2.05, 4.69) is 17.3 Å². The monoisotopic (exact) mass is 261 g/mol. The van der Waals surface area contributed by atoms with E-state index in [1.807, 2.05) is 18.2 Å². The third kappa shape index (κ3) is 2.26. The molecule has 19 heavy (non-hydrogen) atoms. The summed E-state index contributed by atoms with van der Waals surface area (Å²) in [7, 11) is 3.82. The average molecular weight is 261 g/mol. The van der Waals surface area contributed by atoms with E-state index in [0.717, 1.165) is 24.3 Å². The molecule has 0 aliphatic carbocycles. The molecule has 1 unspecified atom stereocenters. The Balaban J connectivity index is 1.87. The molecule has 0 amide bonds. The highest BCUT2D eigenvalue weighted by atomic mass is 16.4. The van der Waals surface area contributed by atoms with Gasteiger partial charge < -0.3 is 14.6 Å². The molecule has 1 aliphatic rings. The van der Waals surface area contributed by atoms with Gasteiger partial charge in [-0.2, -0.15) is 0 Å². The van der Waals surface area contributed by atoms with Crippen molar-refractivity contribution in [1.82, 2.24) is 9.88 Å². The largest absolute Gasteiger partial charge is 0.419 e. The lowest BCUT2D eigenvalue weighted by molar-refractivity contribution is 0.528. The Morgan fingerprint density at radius 2 is 2.37 bits per heavy atom. The second kappa shape index (κ2) is 4.74. The van der Waals surface area contributed by atoms with E-state index in [4.69, 9.17) is 4.42 Å². The SMILES string of the molecule is CN(CC1CCCN1)c1ccc2oc(=O)n(C)c2c1. The van der Waals surface area contributed by atoms with Gasteiger partial charge in [-0.15, -0.1) is 0 Å². The first-order valence-electron chi connectivity index (χ1n) is 6.69. The Morgan fingerprint density at radius 3 is 3.11 bits per heavy atom. The maximum atomic E-state index is 11.5. The summed E-state index contributed by atoms with van der Waals surface area (Å²) >= 11 is 0. The molecule has 0 radical (unpaired) electrons. The van der Waals surface area contributed by atoms with Gasteiger partial charge in [-0.3, -0.25) is 4.57 Å². The number of hydrogen-bond acceptors (Lipinski definition) is 4. The highest BCUT2D eigenvalue weighted by molar-refractivity contribution is 5.77. The van der Waals surface area contributed by atoms with Crippen LogP contribution in [0.5, 0.6) is 0 Å². The highest BCUT2D eigenvalue weighted by Crippen LogP contribution is 2.21. The fourth-order valence-corrected chi connectivity index (χ4v) is 2.70. The Hall–Kier alpha value is -1.75. The van der Waals surface area contributed by atoms with Crippen molar-refractivity contribution >= 4 is 16.8 Å². The number of benzene rings is 1. The number of anilines is 1. The van der Waals surface area contributed by atoms with Gasteiger partial charge in [0.25, 0.3) is 0 Å². The normalized spacial score (nSPS) is 19.2. The molecule has 1 saturated heterocycles. The predicted octanol–water partition coefficient (Wildman–Crippen LogP) is 1.32. The van der Waals surface area contributed by atoms with Crippen LogP contribution in [0.1, 0.15) is 12.8 Å². The molecule has 1 aliphatic heterocycles. The molecule has 1 atom stereocenters. The molecule has 1 aromatic carbocycles. The summed E-state index contributed by atoms with van der Waals surface area (Å²) in [5, 5.41) is 3.49. The first-order valence-corrected chi connectivity index (χ1v) is 6.69. The zero-order chi connectivity index (χ0) is 13.4. The number of aromatic nitrogens is 1. The third-order valence-corrected chi connectivity index (χ3v) is 3.87. The topological polar surface area (TPSA) is 50.4 Å². The number of nitrogens with zero attached hydrogens (tertiary/aromatic N) is 2. The van der Waals surface area contributed by atoms with Gasteiger partial charge in [0.1, 0.15) is 0 Å². The summed E-state index contributed by atoms with van der Waals surface area (Å²) in [5.41, 5.74) is 2.59. The average Bonchev–Trinajstić information content (AvgIpc) is 2.99. The molecular formula is C14H19N3O2. The van der Waals surface area contributed by atoms with Crippen molar-refractivity contribution in [2.75, 3.05) is 25.0 Å². The Kier molecular flexibility index (Phi) is 3.06. The van der Waals surface area contributed by atoms with Crippen LogP contribution < -0.4 is 16.0 Å². The second-order valence-corrected chi connectivity index (χ2v) is 5.25. The number of aryl methyl sites for hydroxylation is 1. The van der Waals surface area contributed by atoms with E-state index in [1.54, 1.807) is 11.6 Å². The van der Waals surface area contributed by atoms with Crippen LogP contribution in [0.2, 0.25) is 0 Å². The summed E-state index contributed by atoms with van der Waals surface area (Å²) in [6, 6.07) is 6.44. The van der Waals surface area contributed by atoms with E-state index < -0.39 is 0 Å². The lowest BCUT2D eigenvalue weighted by Gasteiger charge is -2.23. The molecular weight excluding hydrogens is 242 g/mol. The number of fused-ring (bicyclic) bond motifs is 1. The quantitative estimate of drug-likeness (QED) is 0.905. The van der Waals surface area contributed by atoms with Crippen LogP contribution >= 0.6 is 0 Å². The van der Waals surface area contributed by atoms with Gasteiger partial charge in [-0.25, -0.2) is 4.79 Å². The number of hydrogen-bond donors (Lipinski definition) is 1.